The summed E-state index contributed by atoms with van der Waals surface area (Å²) in [7, 11) is 0. The zero-order valence-electron chi connectivity index (χ0n) is 14.8. The first-order chi connectivity index (χ1) is 12.1. The molecule has 0 unspecified atom stereocenters. The second-order valence-electron chi connectivity index (χ2n) is 6.47. The molecule has 1 aromatic heterocycles. The largest absolute Gasteiger partial charge is 0.491 e. The van der Waals surface area contributed by atoms with E-state index in [0.29, 0.717) is 24.9 Å². The lowest BCUT2D eigenvalue weighted by Crippen LogP contribution is -2.49. The molecule has 25 heavy (non-hydrogen) atoms. The van der Waals surface area contributed by atoms with Crippen LogP contribution in [0, 0.1) is 6.92 Å². The zero-order valence-corrected chi connectivity index (χ0v) is 14.8. The van der Waals surface area contributed by atoms with E-state index >= 15 is 0 Å². The molecular weight excluding hydrogens is 320 g/mol. The van der Waals surface area contributed by atoms with Crippen molar-refractivity contribution in [3.63, 3.8) is 0 Å². The number of rotatable bonds is 7. The predicted molar refractivity (Wildman–Crippen MR) is 93.4 cm³/mol. The summed E-state index contributed by atoms with van der Waals surface area (Å²) in [6.45, 7) is 8.47. The topological polar surface area (TPSA) is 74.9 Å². The maximum absolute atomic E-state index is 10.2. The van der Waals surface area contributed by atoms with Gasteiger partial charge in [-0.3, -0.25) is 9.80 Å². The average Bonchev–Trinajstić information content (AvgIpc) is 3.07. The number of aromatic nitrogens is 2. The van der Waals surface area contributed by atoms with Crippen molar-refractivity contribution in [2.75, 3.05) is 39.3 Å². The molecule has 0 spiro atoms. The highest BCUT2D eigenvalue weighted by atomic mass is 16.5. The number of aliphatic hydroxyl groups is 1. The third-order valence-corrected chi connectivity index (χ3v) is 4.51. The molecule has 7 nitrogen and oxygen atoms in total. The fourth-order valence-corrected chi connectivity index (χ4v) is 3.03. The lowest BCUT2D eigenvalue weighted by Gasteiger charge is -2.37. The van der Waals surface area contributed by atoms with Gasteiger partial charge < -0.3 is 14.4 Å². The number of piperazine rings is 1. The summed E-state index contributed by atoms with van der Waals surface area (Å²) < 4.78 is 10.9. The first kappa shape index (κ1) is 17.8. The fraction of sp³-hybridized carbons (Fsp3) is 0.556. The zero-order chi connectivity index (χ0) is 17.6. The van der Waals surface area contributed by atoms with Gasteiger partial charge in [-0.2, -0.15) is 4.98 Å². The van der Waals surface area contributed by atoms with E-state index in [-0.39, 0.29) is 6.04 Å². The third-order valence-electron chi connectivity index (χ3n) is 4.51. The monoisotopic (exact) mass is 346 g/mol. The highest BCUT2D eigenvalue weighted by Crippen LogP contribution is 2.20. The maximum Gasteiger partial charge on any atom is 0.243 e. The van der Waals surface area contributed by atoms with Gasteiger partial charge in [0.1, 0.15) is 18.5 Å². The molecule has 2 atom stereocenters. The Kier molecular flexibility index (Phi) is 6.01. The molecule has 1 saturated heterocycles. The van der Waals surface area contributed by atoms with Crippen molar-refractivity contribution in [1.82, 2.24) is 19.9 Å². The summed E-state index contributed by atoms with van der Waals surface area (Å²) in [5.74, 6) is 2.12. The van der Waals surface area contributed by atoms with Gasteiger partial charge in [-0.1, -0.05) is 23.4 Å². The second-order valence-corrected chi connectivity index (χ2v) is 6.47. The van der Waals surface area contributed by atoms with Gasteiger partial charge in [0, 0.05) is 32.7 Å². The number of aryl methyl sites for hydroxylation is 1. The summed E-state index contributed by atoms with van der Waals surface area (Å²) in [6.07, 6.45) is -0.497. The van der Waals surface area contributed by atoms with Crippen LogP contribution < -0.4 is 4.74 Å². The number of hydrogen-bond donors (Lipinski definition) is 1. The molecule has 3 rings (SSSR count). The fourth-order valence-electron chi connectivity index (χ4n) is 3.03. The first-order valence-electron chi connectivity index (χ1n) is 8.74. The van der Waals surface area contributed by atoms with E-state index < -0.39 is 6.10 Å². The molecule has 0 amide bonds. The van der Waals surface area contributed by atoms with Crippen LogP contribution in [0.1, 0.15) is 24.7 Å². The first-order valence-corrected chi connectivity index (χ1v) is 8.74. The van der Waals surface area contributed by atoms with Crippen molar-refractivity contribution in [1.29, 1.82) is 0 Å². The van der Waals surface area contributed by atoms with Crippen LogP contribution in [0.15, 0.2) is 34.9 Å². The van der Waals surface area contributed by atoms with Crippen LogP contribution in [0.4, 0.5) is 0 Å². The van der Waals surface area contributed by atoms with Crippen LogP contribution in [-0.4, -0.2) is 70.5 Å². The summed E-state index contributed by atoms with van der Waals surface area (Å²) in [4.78, 5) is 8.91. The van der Waals surface area contributed by atoms with Crippen LogP contribution in [-0.2, 0) is 0 Å². The maximum atomic E-state index is 10.2. The average molecular weight is 346 g/mol. The van der Waals surface area contributed by atoms with E-state index in [1.54, 1.807) is 0 Å². The molecule has 0 aliphatic carbocycles. The summed E-state index contributed by atoms with van der Waals surface area (Å²) in [5.41, 5.74) is 0. The van der Waals surface area contributed by atoms with Gasteiger partial charge in [0.2, 0.25) is 5.89 Å². The Bertz CT molecular complexity index is 641. The molecule has 0 bridgehead atoms. The third kappa shape index (κ3) is 5.01. The van der Waals surface area contributed by atoms with Crippen molar-refractivity contribution in [3.05, 3.63) is 42.0 Å². The Labute approximate surface area is 148 Å². The van der Waals surface area contributed by atoms with E-state index in [4.69, 9.17) is 9.26 Å². The summed E-state index contributed by atoms with van der Waals surface area (Å²) >= 11 is 0. The van der Waals surface area contributed by atoms with Gasteiger partial charge in [0.05, 0.1) is 6.04 Å². The molecule has 1 fully saturated rings. The molecule has 0 radical (unpaired) electrons. The van der Waals surface area contributed by atoms with Gasteiger partial charge in [-0.05, 0) is 26.0 Å². The Morgan fingerprint density at radius 3 is 2.56 bits per heavy atom. The highest BCUT2D eigenvalue weighted by molar-refractivity contribution is 5.20. The molecule has 1 aliphatic rings. The molecule has 2 heterocycles. The molecule has 1 N–H and O–H groups in total. The second kappa shape index (κ2) is 8.42. The van der Waals surface area contributed by atoms with Gasteiger partial charge in [0.25, 0.3) is 0 Å². The number of hydrogen-bond acceptors (Lipinski definition) is 7. The minimum atomic E-state index is -0.497. The normalized spacial score (nSPS) is 18.8. The number of β-amino-alcohol motifs (C(OH)–C–C–N with tert-alkyl or cyclic N) is 1. The molecule has 2 aromatic rings. The number of para-hydroxylation sites is 1. The van der Waals surface area contributed by atoms with Crippen LogP contribution in [0.2, 0.25) is 0 Å². The van der Waals surface area contributed by atoms with Crippen molar-refractivity contribution in [3.8, 4) is 5.75 Å². The number of nitrogens with zero attached hydrogens (tertiary/aromatic N) is 4. The van der Waals surface area contributed by atoms with Crippen LogP contribution in [0.25, 0.3) is 0 Å². The van der Waals surface area contributed by atoms with Gasteiger partial charge in [0.15, 0.2) is 5.82 Å². The van der Waals surface area contributed by atoms with Crippen LogP contribution in [0.5, 0.6) is 5.75 Å². The minimum absolute atomic E-state index is 0.120. The van der Waals surface area contributed by atoms with Crippen molar-refractivity contribution >= 4 is 0 Å². The van der Waals surface area contributed by atoms with E-state index in [0.717, 1.165) is 31.9 Å². The Morgan fingerprint density at radius 1 is 1.20 bits per heavy atom. The Hall–Kier alpha value is -1.96. The van der Waals surface area contributed by atoms with E-state index in [9.17, 15) is 5.11 Å². The molecule has 0 saturated carbocycles. The van der Waals surface area contributed by atoms with Crippen LogP contribution in [0.3, 0.4) is 0 Å². The summed E-state index contributed by atoms with van der Waals surface area (Å²) in [6, 6.07) is 9.70. The Balaban J connectivity index is 1.40. The van der Waals surface area contributed by atoms with Crippen molar-refractivity contribution in [2.45, 2.75) is 26.0 Å². The van der Waals surface area contributed by atoms with Crippen LogP contribution >= 0.6 is 0 Å². The molecule has 7 heteroatoms. The van der Waals surface area contributed by atoms with E-state index in [2.05, 4.69) is 26.9 Å². The summed E-state index contributed by atoms with van der Waals surface area (Å²) in [5, 5.41) is 14.1. The SMILES string of the molecule is Cc1noc([C@H](C)N2CCN(C[C@H](O)COc3ccccc3)CC2)n1. The smallest absolute Gasteiger partial charge is 0.243 e. The number of benzene rings is 1. The van der Waals surface area contributed by atoms with E-state index in [1.165, 1.54) is 0 Å². The standard InChI is InChI=1S/C18H26N4O3/c1-14(18-19-15(2)20-25-18)22-10-8-21(9-11-22)12-16(23)13-24-17-6-4-3-5-7-17/h3-7,14,16,23H,8-13H2,1-2H3/t14-,16-/m0/s1. The minimum Gasteiger partial charge on any atom is -0.491 e. The molecular formula is C18H26N4O3. The molecule has 1 aliphatic heterocycles. The quantitative estimate of drug-likeness (QED) is 0.814. The van der Waals surface area contributed by atoms with Gasteiger partial charge >= 0.3 is 0 Å². The Morgan fingerprint density at radius 2 is 1.92 bits per heavy atom. The van der Waals surface area contributed by atoms with Crippen molar-refractivity contribution < 1.29 is 14.4 Å². The highest BCUT2D eigenvalue weighted by Gasteiger charge is 2.26. The molecule has 1 aromatic carbocycles. The number of aliphatic hydroxyl groups excluding tert-OH is 1. The van der Waals surface area contributed by atoms with Crippen molar-refractivity contribution in [2.24, 2.45) is 0 Å². The van der Waals surface area contributed by atoms with Gasteiger partial charge in [-0.25, -0.2) is 0 Å². The number of ether oxygens (including phenoxy) is 1. The predicted octanol–water partition coefficient (Wildman–Crippen LogP) is 1.50. The van der Waals surface area contributed by atoms with E-state index in [1.807, 2.05) is 37.3 Å². The lowest BCUT2D eigenvalue weighted by molar-refractivity contribution is 0.0343. The lowest BCUT2D eigenvalue weighted by atomic mass is 10.2. The van der Waals surface area contributed by atoms with Gasteiger partial charge in [-0.15, -0.1) is 0 Å². The molecule has 136 valence electrons.